The van der Waals surface area contributed by atoms with Crippen molar-refractivity contribution in [3.05, 3.63) is 68.6 Å². The maximum Gasteiger partial charge on any atom is 0.323 e. The number of fused-ring (bicyclic) bond motifs is 1. The number of nitrogens with one attached hydrogen (secondary N) is 3. The van der Waals surface area contributed by atoms with Gasteiger partial charge in [0.2, 0.25) is 0 Å². The molecule has 0 amide bonds. The van der Waals surface area contributed by atoms with E-state index in [-0.39, 0.29) is 11.4 Å². The standard InChI is InChI=1S/C14H12N4O3/c19-14-16-10-6-5-9(7-12(10)17-14)8-15-11-3-1-2-4-13(11)18(20)21/h1-7,15H,8H2,(H2,16,17,19). The number of aromatic nitrogens is 2. The summed E-state index contributed by atoms with van der Waals surface area (Å²) in [5.74, 6) is 0. The number of hydrogen-bond donors (Lipinski definition) is 3. The van der Waals surface area contributed by atoms with Crippen LogP contribution in [-0.2, 0) is 6.54 Å². The van der Waals surface area contributed by atoms with Gasteiger partial charge < -0.3 is 15.3 Å². The van der Waals surface area contributed by atoms with Crippen LogP contribution in [0.5, 0.6) is 0 Å². The third kappa shape index (κ3) is 2.62. The molecule has 3 aromatic rings. The lowest BCUT2D eigenvalue weighted by Gasteiger charge is -2.07. The number of benzene rings is 2. The summed E-state index contributed by atoms with van der Waals surface area (Å²) in [6, 6.07) is 12.0. The fourth-order valence-corrected chi connectivity index (χ4v) is 2.17. The van der Waals surface area contributed by atoms with Gasteiger partial charge in [-0.1, -0.05) is 18.2 Å². The smallest absolute Gasteiger partial charge is 0.323 e. The highest BCUT2D eigenvalue weighted by molar-refractivity contribution is 5.75. The van der Waals surface area contributed by atoms with E-state index >= 15 is 0 Å². The maximum atomic E-state index is 11.2. The first-order chi connectivity index (χ1) is 10.1. The van der Waals surface area contributed by atoms with Gasteiger partial charge in [-0.3, -0.25) is 10.1 Å². The number of rotatable bonds is 4. The molecule has 7 heteroatoms. The molecule has 0 saturated carbocycles. The lowest BCUT2D eigenvalue weighted by Crippen LogP contribution is -2.02. The Kier molecular flexibility index (Phi) is 3.15. The van der Waals surface area contributed by atoms with Crippen molar-refractivity contribution in [1.82, 2.24) is 9.97 Å². The minimum atomic E-state index is -0.421. The Labute approximate surface area is 118 Å². The molecule has 0 aliphatic heterocycles. The zero-order valence-corrected chi connectivity index (χ0v) is 10.9. The molecule has 3 N–H and O–H groups in total. The van der Waals surface area contributed by atoms with Crippen molar-refractivity contribution in [2.75, 3.05) is 5.32 Å². The minimum Gasteiger partial charge on any atom is -0.375 e. The second-order valence-corrected chi connectivity index (χ2v) is 4.59. The summed E-state index contributed by atoms with van der Waals surface area (Å²) in [6.07, 6.45) is 0. The van der Waals surface area contributed by atoms with Gasteiger partial charge in [-0.2, -0.15) is 0 Å². The van der Waals surface area contributed by atoms with Crippen LogP contribution in [0.1, 0.15) is 5.56 Å². The first-order valence-electron chi connectivity index (χ1n) is 6.32. The van der Waals surface area contributed by atoms with E-state index in [0.29, 0.717) is 17.7 Å². The second-order valence-electron chi connectivity index (χ2n) is 4.59. The van der Waals surface area contributed by atoms with Gasteiger partial charge in [0, 0.05) is 12.6 Å². The Morgan fingerprint density at radius 1 is 1.10 bits per heavy atom. The van der Waals surface area contributed by atoms with E-state index in [1.165, 1.54) is 6.07 Å². The monoisotopic (exact) mass is 284 g/mol. The van der Waals surface area contributed by atoms with Crippen LogP contribution in [-0.4, -0.2) is 14.9 Å². The van der Waals surface area contributed by atoms with Crippen molar-refractivity contribution < 1.29 is 4.92 Å². The molecule has 1 heterocycles. The summed E-state index contributed by atoms with van der Waals surface area (Å²) in [7, 11) is 0. The van der Waals surface area contributed by atoms with Crippen LogP contribution in [0.2, 0.25) is 0 Å². The summed E-state index contributed by atoms with van der Waals surface area (Å²) < 4.78 is 0. The predicted octanol–water partition coefficient (Wildman–Crippen LogP) is 2.38. The van der Waals surface area contributed by atoms with Gasteiger partial charge in [-0.15, -0.1) is 0 Å². The van der Waals surface area contributed by atoms with Crippen LogP contribution < -0.4 is 11.0 Å². The van der Waals surface area contributed by atoms with Crippen LogP contribution in [0, 0.1) is 10.1 Å². The Hall–Kier alpha value is -3.09. The Morgan fingerprint density at radius 2 is 1.86 bits per heavy atom. The highest BCUT2D eigenvalue weighted by atomic mass is 16.6. The molecule has 21 heavy (non-hydrogen) atoms. The van der Waals surface area contributed by atoms with Crippen LogP contribution in [0.4, 0.5) is 11.4 Å². The highest BCUT2D eigenvalue weighted by Gasteiger charge is 2.11. The van der Waals surface area contributed by atoms with E-state index in [1.54, 1.807) is 24.3 Å². The summed E-state index contributed by atoms with van der Waals surface area (Å²) in [5, 5.41) is 14.0. The average molecular weight is 284 g/mol. The Bertz CT molecular complexity index is 866. The molecular formula is C14H12N4O3. The SMILES string of the molecule is O=c1[nH]c2ccc(CNc3ccccc3[N+](=O)[O-])cc2[nH]1. The van der Waals surface area contributed by atoms with Crippen molar-refractivity contribution in [3.63, 3.8) is 0 Å². The summed E-state index contributed by atoms with van der Waals surface area (Å²) in [5.41, 5.74) is 2.60. The minimum absolute atomic E-state index is 0.0358. The quantitative estimate of drug-likeness (QED) is 0.505. The molecule has 0 aliphatic rings. The van der Waals surface area contributed by atoms with E-state index < -0.39 is 4.92 Å². The molecule has 0 bridgehead atoms. The fourth-order valence-electron chi connectivity index (χ4n) is 2.17. The summed E-state index contributed by atoms with van der Waals surface area (Å²) in [6.45, 7) is 0.425. The Balaban J connectivity index is 1.83. The Morgan fingerprint density at radius 3 is 2.67 bits per heavy atom. The number of nitro groups is 1. The number of anilines is 1. The highest BCUT2D eigenvalue weighted by Crippen LogP contribution is 2.24. The largest absolute Gasteiger partial charge is 0.375 e. The van der Waals surface area contributed by atoms with E-state index in [0.717, 1.165) is 11.1 Å². The number of hydrogen-bond acceptors (Lipinski definition) is 4. The van der Waals surface area contributed by atoms with Crippen LogP contribution >= 0.6 is 0 Å². The van der Waals surface area contributed by atoms with Gasteiger partial charge in [0.25, 0.3) is 5.69 Å². The van der Waals surface area contributed by atoms with E-state index in [4.69, 9.17) is 0 Å². The van der Waals surface area contributed by atoms with Crippen molar-refractivity contribution in [2.45, 2.75) is 6.54 Å². The molecule has 2 aromatic carbocycles. The van der Waals surface area contributed by atoms with E-state index in [9.17, 15) is 14.9 Å². The number of para-hydroxylation sites is 2. The van der Waals surface area contributed by atoms with Gasteiger partial charge in [0.15, 0.2) is 0 Å². The van der Waals surface area contributed by atoms with Crippen molar-refractivity contribution in [1.29, 1.82) is 0 Å². The van der Waals surface area contributed by atoms with E-state index in [2.05, 4.69) is 15.3 Å². The van der Waals surface area contributed by atoms with Crippen LogP contribution in [0.15, 0.2) is 47.3 Å². The van der Waals surface area contributed by atoms with Crippen molar-refractivity contribution in [3.8, 4) is 0 Å². The predicted molar refractivity (Wildman–Crippen MR) is 79.3 cm³/mol. The number of nitrogens with zero attached hydrogens (tertiary/aromatic N) is 1. The van der Waals surface area contributed by atoms with Crippen molar-refractivity contribution >= 4 is 22.4 Å². The fraction of sp³-hybridized carbons (Fsp3) is 0.0714. The number of H-pyrrole nitrogens is 2. The molecule has 0 spiro atoms. The van der Waals surface area contributed by atoms with E-state index in [1.807, 2.05) is 12.1 Å². The maximum absolute atomic E-state index is 11.2. The van der Waals surface area contributed by atoms with Gasteiger partial charge in [0.1, 0.15) is 5.69 Å². The molecule has 7 nitrogen and oxygen atoms in total. The van der Waals surface area contributed by atoms with Gasteiger partial charge in [0.05, 0.1) is 16.0 Å². The first kappa shape index (κ1) is 12.9. The molecule has 0 aliphatic carbocycles. The molecular weight excluding hydrogens is 272 g/mol. The molecule has 0 atom stereocenters. The molecule has 0 unspecified atom stereocenters. The first-order valence-corrected chi connectivity index (χ1v) is 6.32. The number of aromatic amines is 2. The molecule has 106 valence electrons. The van der Waals surface area contributed by atoms with Gasteiger partial charge >= 0.3 is 5.69 Å². The molecule has 0 radical (unpaired) electrons. The molecule has 1 aromatic heterocycles. The topological polar surface area (TPSA) is 104 Å². The summed E-state index contributed by atoms with van der Waals surface area (Å²) >= 11 is 0. The van der Waals surface area contributed by atoms with Crippen molar-refractivity contribution in [2.24, 2.45) is 0 Å². The van der Waals surface area contributed by atoms with Gasteiger partial charge in [-0.05, 0) is 23.8 Å². The van der Waals surface area contributed by atoms with Gasteiger partial charge in [-0.25, -0.2) is 4.79 Å². The average Bonchev–Trinajstić information content (AvgIpc) is 2.84. The number of nitro benzene ring substituents is 1. The summed E-state index contributed by atoms with van der Waals surface area (Å²) in [4.78, 5) is 27.1. The third-order valence-electron chi connectivity index (χ3n) is 3.16. The second kappa shape index (κ2) is 5.12. The molecule has 3 rings (SSSR count). The lowest BCUT2D eigenvalue weighted by atomic mass is 10.2. The van der Waals surface area contributed by atoms with Crippen LogP contribution in [0.25, 0.3) is 11.0 Å². The molecule has 0 saturated heterocycles. The zero-order valence-electron chi connectivity index (χ0n) is 10.9. The zero-order chi connectivity index (χ0) is 14.8. The normalized spacial score (nSPS) is 10.7. The van der Waals surface area contributed by atoms with Crippen LogP contribution in [0.3, 0.4) is 0 Å². The lowest BCUT2D eigenvalue weighted by molar-refractivity contribution is -0.384. The molecule has 0 fully saturated rings. The number of imidazole rings is 1. The third-order valence-corrected chi connectivity index (χ3v) is 3.16.